The molecule has 0 aliphatic heterocycles. The van der Waals surface area contributed by atoms with Gasteiger partial charge in [0.1, 0.15) is 0 Å². The van der Waals surface area contributed by atoms with Gasteiger partial charge in [-0.2, -0.15) is 0 Å². The zero-order chi connectivity index (χ0) is 16.9. The van der Waals surface area contributed by atoms with Crippen LogP contribution in [0, 0.1) is 0 Å². The molecule has 1 aromatic rings. The monoisotopic (exact) mass is 380 g/mol. The van der Waals surface area contributed by atoms with Crippen LogP contribution in [0.15, 0.2) is 9.37 Å². The third kappa shape index (κ3) is 2.02. The minimum absolute atomic E-state index is 0.191. The van der Waals surface area contributed by atoms with Crippen molar-refractivity contribution in [3.8, 4) is 0 Å². The number of thiol groups is 1. The van der Waals surface area contributed by atoms with E-state index in [0.717, 1.165) is 0 Å². The maximum absolute atomic E-state index is 5.10. The average molecular weight is 381 g/mol. The van der Waals surface area contributed by atoms with Gasteiger partial charge in [0, 0.05) is 9.37 Å². The van der Waals surface area contributed by atoms with Gasteiger partial charge in [-0.05, 0) is 56.8 Å². The molecule has 2 aliphatic rings. The summed E-state index contributed by atoms with van der Waals surface area (Å²) in [7, 11) is 0. The number of fused-ring (bicyclic) bond motifs is 2. The van der Waals surface area contributed by atoms with Crippen molar-refractivity contribution in [2.75, 3.05) is 0 Å². The molecule has 0 heterocycles. The largest absolute Gasteiger partial charge is 0.143 e. The molecule has 0 radical (unpaired) electrons. The molecule has 22 heavy (non-hydrogen) atoms. The second-order valence-electron chi connectivity index (χ2n) is 10.1. The Morgan fingerprint density at radius 3 is 1.23 bits per heavy atom. The summed E-state index contributed by atoms with van der Waals surface area (Å²) in [4.78, 5) is 1.26. The number of hydrogen-bond acceptors (Lipinski definition) is 1. The molecule has 0 amide bonds. The molecule has 2 aliphatic carbocycles. The van der Waals surface area contributed by atoms with Crippen LogP contribution in [0.4, 0.5) is 0 Å². The highest BCUT2D eigenvalue weighted by Gasteiger charge is 2.51. The van der Waals surface area contributed by atoms with Crippen LogP contribution in [0.3, 0.4) is 0 Å². The lowest BCUT2D eigenvalue weighted by Crippen LogP contribution is -2.20. The van der Waals surface area contributed by atoms with E-state index in [1.807, 2.05) is 0 Å². The minimum atomic E-state index is 0.191. The first-order valence-electron chi connectivity index (χ1n) is 8.33. The van der Waals surface area contributed by atoms with E-state index in [9.17, 15) is 0 Å². The standard InChI is InChI=1S/C20H29BrS/c1-17(2)9-19(5,6)13-11(17)15(21)12-14(16(13)22)20(7,8)10-18(12,3)4/h22H,9-10H2,1-8H3. The fraction of sp³-hybridized carbons (Fsp3) is 0.700. The summed E-state index contributed by atoms with van der Waals surface area (Å²) in [5, 5.41) is 0. The Labute approximate surface area is 150 Å². The van der Waals surface area contributed by atoms with Gasteiger partial charge in [-0.1, -0.05) is 71.3 Å². The van der Waals surface area contributed by atoms with E-state index in [1.165, 1.54) is 44.5 Å². The van der Waals surface area contributed by atoms with Crippen molar-refractivity contribution in [1.29, 1.82) is 0 Å². The van der Waals surface area contributed by atoms with E-state index in [4.69, 9.17) is 12.6 Å². The highest BCUT2D eigenvalue weighted by atomic mass is 79.9. The van der Waals surface area contributed by atoms with E-state index in [0.29, 0.717) is 0 Å². The lowest BCUT2D eigenvalue weighted by atomic mass is 9.80. The zero-order valence-corrected chi connectivity index (χ0v) is 17.7. The Morgan fingerprint density at radius 2 is 0.909 bits per heavy atom. The summed E-state index contributed by atoms with van der Waals surface area (Å²) in [6.45, 7) is 19.1. The van der Waals surface area contributed by atoms with Crippen LogP contribution in [0.25, 0.3) is 0 Å². The van der Waals surface area contributed by atoms with Crippen molar-refractivity contribution >= 4 is 28.6 Å². The first-order chi connectivity index (χ1) is 9.72. The van der Waals surface area contributed by atoms with Gasteiger partial charge in [0.25, 0.3) is 0 Å². The fourth-order valence-corrected chi connectivity index (χ4v) is 8.16. The molecule has 122 valence electrons. The summed E-state index contributed by atoms with van der Waals surface area (Å²) in [6.07, 6.45) is 2.37. The van der Waals surface area contributed by atoms with Gasteiger partial charge in [0.15, 0.2) is 0 Å². The molecule has 0 unspecified atom stereocenters. The molecule has 0 bridgehead atoms. The predicted molar refractivity (Wildman–Crippen MR) is 103 cm³/mol. The molecule has 0 saturated heterocycles. The minimum Gasteiger partial charge on any atom is -0.143 e. The van der Waals surface area contributed by atoms with Gasteiger partial charge >= 0.3 is 0 Å². The second-order valence-corrected chi connectivity index (χ2v) is 11.3. The van der Waals surface area contributed by atoms with Gasteiger partial charge in [-0.25, -0.2) is 0 Å². The van der Waals surface area contributed by atoms with E-state index in [1.54, 1.807) is 0 Å². The van der Waals surface area contributed by atoms with Crippen molar-refractivity contribution in [3.05, 3.63) is 26.7 Å². The van der Waals surface area contributed by atoms with Crippen LogP contribution in [-0.2, 0) is 21.7 Å². The van der Waals surface area contributed by atoms with Crippen LogP contribution < -0.4 is 0 Å². The van der Waals surface area contributed by atoms with Crippen molar-refractivity contribution < 1.29 is 0 Å². The van der Waals surface area contributed by atoms with Crippen LogP contribution in [0.1, 0.15) is 90.5 Å². The Hall–Kier alpha value is 0.0500. The normalized spacial score (nSPS) is 25.9. The van der Waals surface area contributed by atoms with Gasteiger partial charge in [0.2, 0.25) is 0 Å². The molecule has 3 rings (SSSR count). The molecular formula is C20H29BrS. The van der Waals surface area contributed by atoms with Crippen LogP contribution in [-0.4, -0.2) is 0 Å². The topological polar surface area (TPSA) is 0 Å². The number of benzene rings is 1. The third-order valence-electron chi connectivity index (χ3n) is 5.89. The van der Waals surface area contributed by atoms with Crippen LogP contribution in [0.2, 0.25) is 0 Å². The Morgan fingerprint density at radius 1 is 0.636 bits per heavy atom. The number of halogens is 1. The summed E-state index contributed by atoms with van der Waals surface area (Å²) in [5.74, 6) is 0. The zero-order valence-electron chi connectivity index (χ0n) is 15.2. The van der Waals surface area contributed by atoms with Gasteiger partial charge in [-0.15, -0.1) is 12.6 Å². The Balaban J connectivity index is 2.50. The molecule has 0 aromatic heterocycles. The maximum Gasteiger partial charge on any atom is 0.0256 e. The Kier molecular flexibility index (Phi) is 3.35. The molecular weight excluding hydrogens is 352 g/mol. The first-order valence-corrected chi connectivity index (χ1v) is 9.57. The number of hydrogen-bond donors (Lipinski definition) is 1. The number of rotatable bonds is 0. The Bertz CT molecular complexity index is 565. The predicted octanol–water partition coefficient (Wildman–Crippen LogP) is 6.66. The van der Waals surface area contributed by atoms with E-state index >= 15 is 0 Å². The summed E-state index contributed by atoms with van der Waals surface area (Å²) in [5.41, 5.74) is 6.76. The van der Waals surface area contributed by atoms with Gasteiger partial charge < -0.3 is 0 Å². The molecule has 0 N–H and O–H groups in total. The van der Waals surface area contributed by atoms with Crippen LogP contribution >= 0.6 is 28.6 Å². The smallest absolute Gasteiger partial charge is 0.0256 e. The van der Waals surface area contributed by atoms with Crippen molar-refractivity contribution in [2.45, 2.75) is 94.8 Å². The van der Waals surface area contributed by atoms with E-state index < -0.39 is 0 Å². The van der Waals surface area contributed by atoms with Gasteiger partial charge in [-0.3, -0.25) is 0 Å². The molecule has 0 atom stereocenters. The molecule has 1 aromatic carbocycles. The third-order valence-corrected chi connectivity index (χ3v) is 7.13. The van der Waals surface area contributed by atoms with Crippen LogP contribution in [0.5, 0.6) is 0 Å². The van der Waals surface area contributed by atoms with E-state index in [-0.39, 0.29) is 21.7 Å². The molecule has 2 heteroatoms. The average Bonchev–Trinajstić information content (AvgIpc) is 2.57. The summed E-state index contributed by atoms with van der Waals surface area (Å²) in [6, 6.07) is 0. The molecule has 0 spiro atoms. The van der Waals surface area contributed by atoms with Crippen molar-refractivity contribution in [2.24, 2.45) is 0 Å². The fourth-order valence-electron chi connectivity index (χ4n) is 5.86. The summed E-state index contributed by atoms with van der Waals surface area (Å²) < 4.78 is 1.36. The molecule has 0 saturated carbocycles. The lowest BCUT2D eigenvalue weighted by Gasteiger charge is -2.28. The van der Waals surface area contributed by atoms with Crippen molar-refractivity contribution in [3.63, 3.8) is 0 Å². The highest BCUT2D eigenvalue weighted by Crippen LogP contribution is 2.62. The molecule has 0 fully saturated rings. The maximum atomic E-state index is 5.10. The quantitative estimate of drug-likeness (QED) is 0.478. The second kappa shape index (κ2) is 4.36. The first kappa shape index (κ1) is 16.9. The van der Waals surface area contributed by atoms with Gasteiger partial charge in [0.05, 0.1) is 0 Å². The van der Waals surface area contributed by atoms with E-state index in [2.05, 4.69) is 71.3 Å². The molecule has 0 nitrogen and oxygen atoms in total. The highest BCUT2D eigenvalue weighted by molar-refractivity contribution is 9.10. The summed E-state index contributed by atoms with van der Waals surface area (Å²) >= 11 is 9.14. The van der Waals surface area contributed by atoms with Crippen molar-refractivity contribution in [1.82, 2.24) is 0 Å². The lowest BCUT2D eigenvalue weighted by molar-refractivity contribution is 0.390. The SMILES string of the molecule is CC1(C)CC(C)(C)c2c(Br)c3c(c(S)c21)C(C)(C)CC3(C)C.